The van der Waals surface area contributed by atoms with Crippen LogP contribution in [0, 0.1) is 0 Å². The standard InChI is InChI=1S/C14H22N2O2/c1-6-18-14(17)16(5)13-9-7-8-12(10-13)11(2)15(3)4/h7-11H,6H2,1-5H3/t11-/m0/s1. The summed E-state index contributed by atoms with van der Waals surface area (Å²) in [7, 11) is 5.79. The quantitative estimate of drug-likeness (QED) is 0.823. The molecule has 0 bridgehead atoms. The Kier molecular flexibility index (Phi) is 5.16. The lowest BCUT2D eigenvalue weighted by Crippen LogP contribution is -2.27. The van der Waals surface area contributed by atoms with Crippen molar-refractivity contribution in [2.24, 2.45) is 0 Å². The van der Waals surface area contributed by atoms with Gasteiger partial charge in [0.25, 0.3) is 0 Å². The molecular formula is C14H22N2O2. The van der Waals surface area contributed by atoms with E-state index in [0.29, 0.717) is 12.6 Å². The first kappa shape index (κ1) is 14.5. The van der Waals surface area contributed by atoms with Crippen LogP contribution in [-0.2, 0) is 4.74 Å². The van der Waals surface area contributed by atoms with Gasteiger partial charge in [0.05, 0.1) is 6.61 Å². The number of carbonyl (C=O) groups is 1. The molecule has 0 saturated carbocycles. The van der Waals surface area contributed by atoms with Crippen molar-refractivity contribution in [1.82, 2.24) is 4.90 Å². The first-order chi connectivity index (χ1) is 8.47. The van der Waals surface area contributed by atoms with Gasteiger partial charge in [-0.15, -0.1) is 0 Å². The minimum atomic E-state index is -0.327. The molecule has 1 atom stereocenters. The molecule has 0 N–H and O–H groups in total. The fourth-order valence-electron chi connectivity index (χ4n) is 1.62. The Hall–Kier alpha value is -1.55. The lowest BCUT2D eigenvalue weighted by Gasteiger charge is -2.22. The van der Waals surface area contributed by atoms with E-state index in [1.165, 1.54) is 10.5 Å². The van der Waals surface area contributed by atoms with E-state index in [1.807, 2.05) is 32.3 Å². The van der Waals surface area contributed by atoms with Gasteiger partial charge in [-0.25, -0.2) is 4.79 Å². The Morgan fingerprint density at radius 1 is 1.33 bits per heavy atom. The molecular weight excluding hydrogens is 228 g/mol. The SMILES string of the molecule is CCOC(=O)N(C)c1cccc([C@H](C)N(C)C)c1. The smallest absolute Gasteiger partial charge is 0.413 e. The molecule has 0 fully saturated rings. The largest absolute Gasteiger partial charge is 0.449 e. The van der Waals surface area contributed by atoms with Crippen LogP contribution in [-0.4, -0.2) is 38.7 Å². The fourth-order valence-corrected chi connectivity index (χ4v) is 1.62. The van der Waals surface area contributed by atoms with Gasteiger partial charge in [0.1, 0.15) is 0 Å². The third kappa shape index (κ3) is 3.47. The molecule has 4 nitrogen and oxygen atoms in total. The lowest BCUT2D eigenvalue weighted by atomic mass is 10.1. The van der Waals surface area contributed by atoms with E-state index in [-0.39, 0.29) is 6.09 Å². The Balaban J connectivity index is 2.91. The van der Waals surface area contributed by atoms with Crippen LogP contribution in [0.15, 0.2) is 24.3 Å². The number of carbonyl (C=O) groups excluding carboxylic acids is 1. The number of benzene rings is 1. The number of rotatable bonds is 4. The van der Waals surface area contributed by atoms with Crippen molar-refractivity contribution in [2.45, 2.75) is 19.9 Å². The predicted molar refractivity (Wildman–Crippen MR) is 74.0 cm³/mol. The molecule has 4 heteroatoms. The van der Waals surface area contributed by atoms with Crippen molar-refractivity contribution in [3.8, 4) is 0 Å². The molecule has 1 aromatic carbocycles. The van der Waals surface area contributed by atoms with E-state index in [2.05, 4.69) is 17.9 Å². The van der Waals surface area contributed by atoms with Gasteiger partial charge < -0.3 is 9.64 Å². The fraction of sp³-hybridized carbons (Fsp3) is 0.500. The van der Waals surface area contributed by atoms with Crippen LogP contribution >= 0.6 is 0 Å². The second kappa shape index (κ2) is 6.40. The molecule has 1 amide bonds. The number of hydrogen-bond donors (Lipinski definition) is 0. The van der Waals surface area contributed by atoms with Crippen molar-refractivity contribution < 1.29 is 9.53 Å². The number of hydrogen-bond acceptors (Lipinski definition) is 3. The number of ether oxygens (including phenoxy) is 1. The molecule has 100 valence electrons. The number of nitrogens with zero attached hydrogens (tertiary/aromatic N) is 2. The zero-order valence-corrected chi connectivity index (χ0v) is 11.8. The van der Waals surface area contributed by atoms with Gasteiger partial charge >= 0.3 is 6.09 Å². The van der Waals surface area contributed by atoms with Gasteiger partial charge in [-0.1, -0.05) is 12.1 Å². The molecule has 0 radical (unpaired) electrons. The average molecular weight is 250 g/mol. The summed E-state index contributed by atoms with van der Waals surface area (Å²) in [5.41, 5.74) is 2.02. The van der Waals surface area contributed by atoms with Crippen molar-refractivity contribution in [1.29, 1.82) is 0 Å². The third-order valence-corrected chi connectivity index (χ3v) is 3.06. The van der Waals surface area contributed by atoms with Gasteiger partial charge in [0.15, 0.2) is 0 Å². The van der Waals surface area contributed by atoms with E-state index in [4.69, 9.17) is 4.74 Å². The molecule has 0 saturated heterocycles. The average Bonchev–Trinajstić information content (AvgIpc) is 2.37. The lowest BCUT2D eigenvalue weighted by molar-refractivity contribution is 0.161. The number of anilines is 1. The Morgan fingerprint density at radius 2 is 2.00 bits per heavy atom. The summed E-state index contributed by atoms with van der Waals surface area (Å²) in [4.78, 5) is 15.3. The Labute approximate surface area is 109 Å². The minimum absolute atomic E-state index is 0.306. The van der Waals surface area contributed by atoms with Gasteiger partial charge in [-0.2, -0.15) is 0 Å². The maximum absolute atomic E-state index is 11.7. The van der Waals surface area contributed by atoms with Crippen molar-refractivity contribution in [3.63, 3.8) is 0 Å². The summed E-state index contributed by atoms with van der Waals surface area (Å²) >= 11 is 0. The van der Waals surface area contributed by atoms with E-state index in [1.54, 1.807) is 14.0 Å². The molecule has 0 spiro atoms. The topological polar surface area (TPSA) is 32.8 Å². The molecule has 0 unspecified atom stereocenters. The van der Waals surface area contributed by atoms with E-state index in [0.717, 1.165) is 5.69 Å². The van der Waals surface area contributed by atoms with Crippen molar-refractivity contribution >= 4 is 11.8 Å². The Morgan fingerprint density at radius 3 is 2.56 bits per heavy atom. The first-order valence-electron chi connectivity index (χ1n) is 6.14. The zero-order chi connectivity index (χ0) is 13.7. The molecule has 1 rings (SSSR count). The van der Waals surface area contributed by atoms with Gasteiger partial charge in [-0.05, 0) is 45.6 Å². The second-order valence-corrected chi connectivity index (χ2v) is 4.49. The first-order valence-corrected chi connectivity index (χ1v) is 6.14. The highest BCUT2D eigenvalue weighted by molar-refractivity contribution is 5.87. The molecule has 18 heavy (non-hydrogen) atoms. The van der Waals surface area contributed by atoms with Gasteiger partial charge in [0.2, 0.25) is 0 Å². The normalized spacial score (nSPS) is 12.3. The van der Waals surface area contributed by atoms with Crippen LogP contribution in [0.3, 0.4) is 0 Å². The van der Waals surface area contributed by atoms with E-state index in [9.17, 15) is 4.79 Å². The van der Waals surface area contributed by atoms with Crippen LogP contribution in [0.25, 0.3) is 0 Å². The van der Waals surface area contributed by atoms with Crippen LogP contribution < -0.4 is 4.90 Å². The van der Waals surface area contributed by atoms with E-state index >= 15 is 0 Å². The minimum Gasteiger partial charge on any atom is -0.449 e. The molecule has 0 aromatic heterocycles. The summed E-state index contributed by atoms with van der Waals surface area (Å²) in [5.74, 6) is 0. The van der Waals surface area contributed by atoms with Crippen LogP contribution in [0.4, 0.5) is 10.5 Å². The van der Waals surface area contributed by atoms with Crippen LogP contribution in [0.1, 0.15) is 25.5 Å². The van der Waals surface area contributed by atoms with Crippen molar-refractivity contribution in [3.05, 3.63) is 29.8 Å². The highest BCUT2D eigenvalue weighted by atomic mass is 16.6. The van der Waals surface area contributed by atoms with E-state index < -0.39 is 0 Å². The number of amides is 1. The summed E-state index contributed by atoms with van der Waals surface area (Å²) in [6, 6.07) is 8.25. The molecule has 0 aliphatic heterocycles. The third-order valence-electron chi connectivity index (χ3n) is 3.06. The summed E-state index contributed by atoms with van der Waals surface area (Å²) in [6.07, 6.45) is -0.327. The molecule has 0 aliphatic carbocycles. The monoisotopic (exact) mass is 250 g/mol. The molecule has 0 aliphatic rings. The van der Waals surface area contributed by atoms with Gasteiger partial charge in [-0.3, -0.25) is 4.90 Å². The predicted octanol–water partition coefficient (Wildman–Crippen LogP) is 2.90. The Bertz CT molecular complexity index is 405. The summed E-state index contributed by atoms with van der Waals surface area (Å²) in [6.45, 7) is 4.32. The maximum atomic E-state index is 11.7. The van der Waals surface area contributed by atoms with Crippen LogP contribution in [0.2, 0.25) is 0 Å². The second-order valence-electron chi connectivity index (χ2n) is 4.49. The molecule has 1 aromatic rings. The molecule has 0 heterocycles. The highest BCUT2D eigenvalue weighted by Gasteiger charge is 2.14. The van der Waals surface area contributed by atoms with Gasteiger partial charge in [0, 0.05) is 18.8 Å². The summed E-state index contributed by atoms with van der Waals surface area (Å²) in [5, 5.41) is 0. The summed E-state index contributed by atoms with van der Waals surface area (Å²) < 4.78 is 4.98. The zero-order valence-electron chi connectivity index (χ0n) is 11.8. The van der Waals surface area contributed by atoms with Crippen molar-refractivity contribution in [2.75, 3.05) is 32.6 Å². The maximum Gasteiger partial charge on any atom is 0.413 e. The highest BCUT2D eigenvalue weighted by Crippen LogP contribution is 2.22. The van der Waals surface area contributed by atoms with Crippen LogP contribution in [0.5, 0.6) is 0 Å².